The first-order chi connectivity index (χ1) is 13.1. The number of aryl methyl sites for hydroxylation is 1. The summed E-state index contributed by atoms with van der Waals surface area (Å²) in [6.45, 7) is 10.1. The van der Waals surface area contributed by atoms with Crippen LogP contribution in [-0.2, 0) is 11.3 Å². The van der Waals surface area contributed by atoms with Crippen molar-refractivity contribution in [3.8, 4) is 5.75 Å². The quantitative estimate of drug-likeness (QED) is 0.714. The van der Waals surface area contributed by atoms with Crippen LogP contribution in [0.1, 0.15) is 31.9 Å². The van der Waals surface area contributed by atoms with Gasteiger partial charge in [0, 0.05) is 38.3 Å². The number of alkyl halides is 3. The van der Waals surface area contributed by atoms with Crippen LogP contribution in [0, 0.1) is 12.8 Å². The van der Waals surface area contributed by atoms with Crippen molar-refractivity contribution in [2.75, 3.05) is 32.8 Å². The minimum atomic E-state index is -4.55. The summed E-state index contributed by atoms with van der Waals surface area (Å²) in [5.74, 6) is 1.27. The number of piperazine rings is 1. The predicted octanol–water partition coefficient (Wildman–Crippen LogP) is 4.23. The highest BCUT2D eigenvalue weighted by Gasteiger charge is 2.40. The molecular formula is C20H29F3N2O3. The molecule has 1 heterocycles. The Labute approximate surface area is 164 Å². The van der Waals surface area contributed by atoms with E-state index in [9.17, 15) is 18.0 Å². The second-order valence-electron chi connectivity index (χ2n) is 7.65. The average Bonchev–Trinajstić information content (AvgIpc) is 2.61. The molecule has 5 nitrogen and oxygen atoms in total. The molecule has 1 aliphatic rings. The largest absolute Gasteiger partial charge is 0.493 e. The molecule has 1 saturated heterocycles. The van der Waals surface area contributed by atoms with Crippen molar-refractivity contribution in [1.82, 2.24) is 9.80 Å². The Morgan fingerprint density at radius 1 is 1.14 bits per heavy atom. The molecule has 1 atom stereocenters. The number of ether oxygens (including phenoxy) is 2. The highest BCUT2D eigenvalue weighted by atomic mass is 19.4. The van der Waals surface area contributed by atoms with E-state index < -0.39 is 18.4 Å². The van der Waals surface area contributed by atoms with Gasteiger partial charge in [0.05, 0.1) is 6.61 Å². The van der Waals surface area contributed by atoms with Gasteiger partial charge in [-0.25, -0.2) is 4.79 Å². The van der Waals surface area contributed by atoms with E-state index in [0.29, 0.717) is 45.2 Å². The number of carbonyl (C=O) groups is 1. The van der Waals surface area contributed by atoms with Crippen molar-refractivity contribution in [1.29, 1.82) is 0 Å². The number of nitrogens with zero attached hydrogens (tertiary/aromatic N) is 2. The molecule has 1 aliphatic heterocycles. The molecule has 8 heteroatoms. The van der Waals surface area contributed by atoms with E-state index in [1.807, 2.05) is 25.1 Å². The molecule has 0 aliphatic carbocycles. The molecule has 0 saturated carbocycles. The van der Waals surface area contributed by atoms with Gasteiger partial charge < -0.3 is 14.4 Å². The van der Waals surface area contributed by atoms with Crippen LogP contribution in [-0.4, -0.2) is 61.0 Å². The van der Waals surface area contributed by atoms with E-state index >= 15 is 0 Å². The molecule has 0 N–H and O–H groups in total. The third kappa shape index (κ3) is 6.58. The lowest BCUT2D eigenvalue weighted by molar-refractivity contribution is -0.200. The molecule has 1 aromatic rings. The number of hydrogen-bond acceptors (Lipinski definition) is 4. The summed E-state index contributed by atoms with van der Waals surface area (Å²) < 4.78 is 48.1. The van der Waals surface area contributed by atoms with Crippen molar-refractivity contribution >= 4 is 6.09 Å². The fourth-order valence-corrected chi connectivity index (χ4v) is 2.81. The van der Waals surface area contributed by atoms with Gasteiger partial charge >= 0.3 is 12.3 Å². The average molecular weight is 402 g/mol. The Kier molecular flexibility index (Phi) is 7.57. The van der Waals surface area contributed by atoms with Crippen LogP contribution in [0.3, 0.4) is 0 Å². The van der Waals surface area contributed by atoms with Gasteiger partial charge in [0.2, 0.25) is 0 Å². The molecule has 158 valence electrons. The van der Waals surface area contributed by atoms with E-state index in [2.05, 4.69) is 23.5 Å². The summed E-state index contributed by atoms with van der Waals surface area (Å²) in [6.07, 6.45) is -7.57. The van der Waals surface area contributed by atoms with Crippen molar-refractivity contribution in [2.24, 2.45) is 5.92 Å². The normalized spacial score (nSPS) is 16.9. The lowest BCUT2D eigenvalue weighted by Gasteiger charge is -2.35. The van der Waals surface area contributed by atoms with Crippen LogP contribution in [0.4, 0.5) is 18.0 Å². The van der Waals surface area contributed by atoms with Gasteiger partial charge in [-0.1, -0.05) is 26.0 Å². The van der Waals surface area contributed by atoms with E-state index in [0.717, 1.165) is 23.8 Å². The minimum absolute atomic E-state index is 0.331. The summed E-state index contributed by atoms with van der Waals surface area (Å²) >= 11 is 0. The highest BCUT2D eigenvalue weighted by Crippen LogP contribution is 2.25. The Morgan fingerprint density at radius 3 is 2.36 bits per heavy atom. The number of benzene rings is 1. The zero-order valence-corrected chi connectivity index (χ0v) is 16.9. The van der Waals surface area contributed by atoms with Crippen molar-refractivity contribution in [2.45, 2.75) is 46.5 Å². The van der Waals surface area contributed by atoms with Gasteiger partial charge in [-0.3, -0.25) is 4.90 Å². The maximum atomic E-state index is 12.5. The van der Waals surface area contributed by atoms with Gasteiger partial charge in [0.25, 0.3) is 0 Å². The SMILES string of the molecule is Cc1ccc(CN2CCN(C(=O)OC(C)C(F)(F)F)CC2)c(OCC(C)C)c1. The maximum absolute atomic E-state index is 12.5. The van der Waals surface area contributed by atoms with Crippen LogP contribution in [0.2, 0.25) is 0 Å². The fraction of sp³-hybridized carbons (Fsp3) is 0.650. The second kappa shape index (κ2) is 9.49. The molecule has 0 aromatic heterocycles. The van der Waals surface area contributed by atoms with Gasteiger partial charge in [-0.2, -0.15) is 13.2 Å². The summed E-state index contributed by atoms with van der Waals surface area (Å²) in [5.41, 5.74) is 2.18. The minimum Gasteiger partial charge on any atom is -0.493 e. The Balaban J connectivity index is 1.90. The number of amides is 1. The van der Waals surface area contributed by atoms with E-state index in [1.165, 1.54) is 4.90 Å². The lowest BCUT2D eigenvalue weighted by Crippen LogP contribution is -2.49. The molecule has 2 rings (SSSR count). The molecular weight excluding hydrogens is 373 g/mol. The second-order valence-corrected chi connectivity index (χ2v) is 7.65. The van der Waals surface area contributed by atoms with Gasteiger partial charge in [0.1, 0.15) is 5.75 Å². The first-order valence-corrected chi connectivity index (χ1v) is 9.53. The van der Waals surface area contributed by atoms with Crippen LogP contribution in [0.25, 0.3) is 0 Å². The smallest absolute Gasteiger partial charge is 0.425 e. The summed E-state index contributed by atoms with van der Waals surface area (Å²) in [7, 11) is 0. The van der Waals surface area contributed by atoms with E-state index in [1.54, 1.807) is 0 Å². The molecule has 0 bridgehead atoms. The number of carbonyl (C=O) groups excluding carboxylic acids is 1. The predicted molar refractivity (Wildman–Crippen MR) is 100 cm³/mol. The summed E-state index contributed by atoms with van der Waals surface area (Å²) in [4.78, 5) is 15.4. The first kappa shape index (κ1) is 22.3. The Bertz CT molecular complexity index is 657. The fourth-order valence-electron chi connectivity index (χ4n) is 2.81. The van der Waals surface area contributed by atoms with Gasteiger partial charge in [-0.15, -0.1) is 0 Å². The molecule has 1 aromatic carbocycles. The molecule has 1 amide bonds. The van der Waals surface area contributed by atoms with Gasteiger partial charge in [0.15, 0.2) is 6.10 Å². The third-order valence-corrected chi connectivity index (χ3v) is 4.56. The number of halogens is 3. The zero-order valence-electron chi connectivity index (χ0n) is 16.9. The maximum Gasteiger partial charge on any atom is 0.425 e. The zero-order chi connectivity index (χ0) is 20.9. The van der Waals surface area contributed by atoms with E-state index in [4.69, 9.17) is 4.74 Å². The highest BCUT2D eigenvalue weighted by molar-refractivity contribution is 5.68. The Morgan fingerprint density at radius 2 is 1.79 bits per heavy atom. The van der Waals surface area contributed by atoms with Crippen LogP contribution in [0.5, 0.6) is 5.75 Å². The van der Waals surface area contributed by atoms with Crippen LogP contribution >= 0.6 is 0 Å². The topological polar surface area (TPSA) is 42.0 Å². The summed E-state index contributed by atoms with van der Waals surface area (Å²) in [6, 6.07) is 6.09. The molecule has 0 radical (unpaired) electrons. The lowest BCUT2D eigenvalue weighted by atomic mass is 10.1. The first-order valence-electron chi connectivity index (χ1n) is 9.53. The van der Waals surface area contributed by atoms with Crippen molar-refractivity contribution < 1.29 is 27.4 Å². The third-order valence-electron chi connectivity index (χ3n) is 4.56. The monoisotopic (exact) mass is 402 g/mol. The summed E-state index contributed by atoms with van der Waals surface area (Å²) in [5, 5.41) is 0. The van der Waals surface area contributed by atoms with Crippen molar-refractivity contribution in [3.63, 3.8) is 0 Å². The van der Waals surface area contributed by atoms with Crippen LogP contribution in [0.15, 0.2) is 18.2 Å². The molecule has 28 heavy (non-hydrogen) atoms. The van der Waals surface area contributed by atoms with E-state index in [-0.39, 0.29) is 0 Å². The number of rotatable bonds is 6. The van der Waals surface area contributed by atoms with Gasteiger partial charge in [-0.05, 0) is 31.4 Å². The van der Waals surface area contributed by atoms with Crippen molar-refractivity contribution in [3.05, 3.63) is 29.3 Å². The van der Waals surface area contributed by atoms with Crippen LogP contribution < -0.4 is 4.74 Å². The number of hydrogen-bond donors (Lipinski definition) is 0. The molecule has 1 fully saturated rings. The molecule has 0 spiro atoms. The standard InChI is InChI=1S/C20H29F3N2O3/c1-14(2)13-27-18-11-15(3)5-6-17(18)12-24-7-9-25(10-8-24)19(26)28-16(4)20(21,22)23/h5-6,11,14,16H,7-10,12-13H2,1-4H3. The Hall–Kier alpha value is -1.96. The molecule has 1 unspecified atom stereocenters.